The Kier molecular flexibility index (Phi) is 4.06. The molecule has 2 rings (SSSR count). The number of amides is 1. The minimum atomic E-state index is -3.41. The number of nitrogen functional groups attached to an aromatic ring is 1. The molecule has 0 saturated carbocycles. The third-order valence-electron chi connectivity index (χ3n) is 2.95. The van der Waals surface area contributed by atoms with Crippen LogP contribution in [0.25, 0.3) is 0 Å². The second kappa shape index (κ2) is 5.58. The first-order chi connectivity index (χ1) is 8.94. The van der Waals surface area contributed by atoms with Crippen LogP contribution in [0, 0.1) is 0 Å². The highest BCUT2D eigenvalue weighted by molar-refractivity contribution is 7.88. The van der Waals surface area contributed by atoms with E-state index in [2.05, 4.69) is 10.0 Å². The third-order valence-corrected chi connectivity index (χ3v) is 4.35. The number of anilines is 1. The summed E-state index contributed by atoms with van der Waals surface area (Å²) in [6.45, 7) is 0.347. The summed E-state index contributed by atoms with van der Waals surface area (Å²) < 4.78 is 26.6. The third kappa shape index (κ3) is 4.22. The highest BCUT2D eigenvalue weighted by Gasteiger charge is 2.22. The fraction of sp³-hybridized carbons (Fsp3) is 0.417. The van der Waals surface area contributed by atoms with E-state index in [9.17, 15) is 13.2 Å². The fourth-order valence-electron chi connectivity index (χ4n) is 1.96. The van der Waals surface area contributed by atoms with Gasteiger partial charge < -0.3 is 11.1 Å². The predicted molar refractivity (Wildman–Crippen MR) is 72.6 cm³/mol. The first-order valence-electron chi connectivity index (χ1n) is 6.06. The van der Waals surface area contributed by atoms with Crippen molar-refractivity contribution >= 4 is 21.6 Å². The summed E-state index contributed by atoms with van der Waals surface area (Å²) in [5.74, 6) is -0.119. The predicted octanol–water partition coefficient (Wildman–Crippen LogP) is -0.0332. The Balaban J connectivity index is 1.95. The minimum absolute atomic E-state index is 0.0333. The van der Waals surface area contributed by atoms with Gasteiger partial charge >= 0.3 is 0 Å². The van der Waals surface area contributed by atoms with Gasteiger partial charge in [-0.15, -0.1) is 0 Å². The molecule has 0 spiro atoms. The molecule has 19 heavy (non-hydrogen) atoms. The van der Waals surface area contributed by atoms with E-state index >= 15 is 0 Å². The second-order valence-corrected chi connectivity index (χ2v) is 6.41. The molecule has 4 N–H and O–H groups in total. The topological polar surface area (TPSA) is 101 Å². The van der Waals surface area contributed by atoms with Crippen LogP contribution in [0.5, 0.6) is 0 Å². The molecule has 0 aliphatic carbocycles. The summed E-state index contributed by atoms with van der Waals surface area (Å²) in [7, 11) is -3.41. The number of nitrogens with two attached hydrogens (primary N) is 1. The van der Waals surface area contributed by atoms with E-state index in [4.69, 9.17) is 5.73 Å². The van der Waals surface area contributed by atoms with Gasteiger partial charge in [-0.25, -0.2) is 13.1 Å². The lowest BCUT2D eigenvalue weighted by Crippen LogP contribution is -2.47. The summed E-state index contributed by atoms with van der Waals surface area (Å²) in [4.78, 5) is 11.0. The minimum Gasteiger partial charge on any atom is -0.399 e. The Morgan fingerprint density at radius 1 is 1.32 bits per heavy atom. The van der Waals surface area contributed by atoms with Crippen LogP contribution >= 0.6 is 0 Å². The van der Waals surface area contributed by atoms with Gasteiger partial charge in [-0.2, -0.15) is 0 Å². The fourth-order valence-corrected chi connectivity index (χ4v) is 3.39. The SMILES string of the molecule is Nc1ccc(CS(=O)(=O)NC2CCC(=O)NC2)cc1. The van der Waals surface area contributed by atoms with Crippen molar-refractivity contribution in [2.24, 2.45) is 0 Å². The van der Waals surface area contributed by atoms with Crippen molar-refractivity contribution < 1.29 is 13.2 Å². The van der Waals surface area contributed by atoms with Crippen molar-refractivity contribution in [3.05, 3.63) is 29.8 Å². The van der Waals surface area contributed by atoms with Gasteiger partial charge in [0, 0.05) is 24.7 Å². The van der Waals surface area contributed by atoms with Gasteiger partial charge in [0.05, 0.1) is 5.75 Å². The molecule has 6 nitrogen and oxygen atoms in total. The molecule has 1 aromatic carbocycles. The van der Waals surface area contributed by atoms with E-state index in [1.54, 1.807) is 24.3 Å². The number of rotatable bonds is 4. The Labute approximate surface area is 112 Å². The van der Waals surface area contributed by atoms with Crippen molar-refractivity contribution in [2.75, 3.05) is 12.3 Å². The van der Waals surface area contributed by atoms with E-state index in [0.717, 1.165) is 0 Å². The molecule has 1 aliphatic heterocycles. The number of hydrogen-bond donors (Lipinski definition) is 3. The highest BCUT2D eigenvalue weighted by atomic mass is 32.2. The number of carbonyl (C=O) groups is 1. The molecule has 1 amide bonds. The second-order valence-electron chi connectivity index (χ2n) is 4.66. The van der Waals surface area contributed by atoms with E-state index in [1.807, 2.05) is 0 Å². The summed E-state index contributed by atoms with van der Waals surface area (Å²) in [6.07, 6.45) is 0.891. The van der Waals surface area contributed by atoms with Crippen LogP contribution in [0.3, 0.4) is 0 Å². The first kappa shape index (κ1) is 13.8. The molecule has 1 fully saturated rings. The van der Waals surface area contributed by atoms with Gasteiger partial charge in [0.25, 0.3) is 0 Å². The summed E-state index contributed by atoms with van der Waals surface area (Å²) in [5, 5.41) is 2.64. The van der Waals surface area contributed by atoms with Gasteiger partial charge in [0.15, 0.2) is 0 Å². The lowest BCUT2D eigenvalue weighted by Gasteiger charge is -2.23. The standard InChI is InChI=1S/C12H17N3O3S/c13-10-3-1-9(2-4-10)8-19(17,18)15-11-5-6-12(16)14-7-11/h1-4,11,15H,5-8,13H2,(H,14,16). The average molecular weight is 283 g/mol. The lowest BCUT2D eigenvalue weighted by atomic mass is 10.1. The lowest BCUT2D eigenvalue weighted by molar-refractivity contribution is -0.122. The molecule has 1 aliphatic rings. The molecule has 0 bridgehead atoms. The van der Waals surface area contributed by atoms with Crippen molar-refractivity contribution in [3.8, 4) is 0 Å². The molecule has 1 aromatic rings. The molecule has 7 heteroatoms. The quantitative estimate of drug-likeness (QED) is 0.675. The van der Waals surface area contributed by atoms with Crippen molar-refractivity contribution in [1.82, 2.24) is 10.0 Å². The van der Waals surface area contributed by atoms with Gasteiger partial charge in [0.2, 0.25) is 15.9 Å². The van der Waals surface area contributed by atoms with Crippen LogP contribution < -0.4 is 15.8 Å². The molecule has 0 aromatic heterocycles. The van der Waals surface area contributed by atoms with Gasteiger partial charge in [-0.3, -0.25) is 4.79 Å². The van der Waals surface area contributed by atoms with Crippen LogP contribution in [0.15, 0.2) is 24.3 Å². The Morgan fingerprint density at radius 3 is 2.58 bits per heavy atom. The summed E-state index contributed by atoms with van der Waals surface area (Å²) in [5.41, 5.74) is 6.83. The summed E-state index contributed by atoms with van der Waals surface area (Å²) >= 11 is 0. The number of hydrogen-bond acceptors (Lipinski definition) is 4. The number of piperidine rings is 1. The first-order valence-corrected chi connectivity index (χ1v) is 7.71. The number of sulfonamides is 1. The maximum Gasteiger partial charge on any atom is 0.220 e. The molecule has 0 radical (unpaired) electrons. The van der Waals surface area contributed by atoms with Gasteiger partial charge in [-0.1, -0.05) is 12.1 Å². The Morgan fingerprint density at radius 2 is 2.00 bits per heavy atom. The van der Waals surface area contributed by atoms with Gasteiger partial charge in [-0.05, 0) is 24.1 Å². The van der Waals surface area contributed by atoms with Crippen molar-refractivity contribution in [1.29, 1.82) is 0 Å². The Bertz CT molecular complexity index is 544. The number of benzene rings is 1. The van der Waals surface area contributed by atoms with Crippen LogP contribution in [0.1, 0.15) is 18.4 Å². The molecular formula is C12H17N3O3S. The maximum absolute atomic E-state index is 12.0. The molecule has 1 unspecified atom stereocenters. The summed E-state index contributed by atoms with van der Waals surface area (Å²) in [6, 6.07) is 6.50. The van der Waals surface area contributed by atoms with Crippen LogP contribution in [-0.4, -0.2) is 26.9 Å². The van der Waals surface area contributed by atoms with E-state index in [0.29, 0.717) is 30.6 Å². The Hall–Kier alpha value is -1.60. The smallest absolute Gasteiger partial charge is 0.220 e. The monoisotopic (exact) mass is 283 g/mol. The van der Waals surface area contributed by atoms with Crippen LogP contribution in [-0.2, 0) is 20.6 Å². The van der Waals surface area contributed by atoms with Crippen LogP contribution in [0.2, 0.25) is 0 Å². The number of carbonyl (C=O) groups excluding carboxylic acids is 1. The zero-order chi connectivity index (χ0) is 13.9. The van der Waals surface area contributed by atoms with E-state index in [1.165, 1.54) is 0 Å². The zero-order valence-electron chi connectivity index (χ0n) is 10.4. The van der Waals surface area contributed by atoms with E-state index in [-0.39, 0.29) is 17.7 Å². The zero-order valence-corrected chi connectivity index (χ0v) is 11.2. The molecular weight excluding hydrogens is 266 g/mol. The van der Waals surface area contributed by atoms with Crippen molar-refractivity contribution in [2.45, 2.75) is 24.6 Å². The molecule has 104 valence electrons. The molecule has 1 heterocycles. The molecule has 1 saturated heterocycles. The normalized spacial score (nSPS) is 20.0. The molecule has 1 atom stereocenters. The van der Waals surface area contributed by atoms with Gasteiger partial charge in [0.1, 0.15) is 0 Å². The number of nitrogens with one attached hydrogen (secondary N) is 2. The van der Waals surface area contributed by atoms with E-state index < -0.39 is 10.0 Å². The van der Waals surface area contributed by atoms with Crippen molar-refractivity contribution in [3.63, 3.8) is 0 Å². The average Bonchev–Trinajstić information content (AvgIpc) is 2.34. The highest BCUT2D eigenvalue weighted by Crippen LogP contribution is 2.10. The maximum atomic E-state index is 12.0. The largest absolute Gasteiger partial charge is 0.399 e. The van der Waals surface area contributed by atoms with Crippen LogP contribution in [0.4, 0.5) is 5.69 Å².